The summed E-state index contributed by atoms with van der Waals surface area (Å²) in [4.78, 5) is 25.6. The first-order chi connectivity index (χ1) is 13.4. The second-order valence-corrected chi connectivity index (χ2v) is 6.88. The number of aliphatic carboxylic acids is 1. The highest BCUT2D eigenvalue weighted by Gasteiger charge is 2.27. The van der Waals surface area contributed by atoms with E-state index in [2.05, 4.69) is 5.32 Å². The maximum absolute atomic E-state index is 13.1. The molecule has 0 aromatic heterocycles. The van der Waals surface area contributed by atoms with Crippen molar-refractivity contribution in [1.82, 2.24) is 4.90 Å². The molecule has 2 N–H and O–H groups in total. The molecule has 0 radical (unpaired) electrons. The zero-order valence-electron chi connectivity index (χ0n) is 15.9. The van der Waals surface area contributed by atoms with Crippen molar-refractivity contribution in [2.75, 3.05) is 25.0 Å². The minimum Gasteiger partial charge on any atom is -0.486 e. The fourth-order valence-corrected chi connectivity index (χ4v) is 3.01. The molecule has 1 aliphatic rings. The number of carbonyl (C=O) groups is 2. The second-order valence-electron chi connectivity index (χ2n) is 6.88. The van der Waals surface area contributed by atoms with Gasteiger partial charge in [0, 0.05) is 17.3 Å². The van der Waals surface area contributed by atoms with Crippen molar-refractivity contribution >= 4 is 17.6 Å². The molecule has 28 heavy (non-hydrogen) atoms. The maximum Gasteiger partial charge on any atom is 0.322 e. The summed E-state index contributed by atoms with van der Waals surface area (Å²) in [6.45, 7) is 4.44. The number of para-hydroxylation sites is 2. The summed E-state index contributed by atoms with van der Waals surface area (Å²) in [7, 11) is 0. The van der Waals surface area contributed by atoms with Crippen molar-refractivity contribution in [2.24, 2.45) is 0 Å². The molecule has 0 aliphatic carbocycles. The van der Waals surface area contributed by atoms with Crippen LogP contribution in [0, 0.1) is 0 Å². The second kappa shape index (κ2) is 8.65. The van der Waals surface area contributed by atoms with Crippen molar-refractivity contribution in [1.29, 1.82) is 0 Å². The van der Waals surface area contributed by atoms with Gasteiger partial charge in [-0.15, -0.1) is 0 Å². The molecule has 1 heterocycles. The molecule has 1 amide bonds. The van der Waals surface area contributed by atoms with Gasteiger partial charge < -0.3 is 24.8 Å². The van der Waals surface area contributed by atoms with Crippen LogP contribution in [0.15, 0.2) is 48.5 Å². The van der Waals surface area contributed by atoms with E-state index in [0.29, 0.717) is 35.9 Å². The van der Waals surface area contributed by atoms with Gasteiger partial charge in [0.2, 0.25) is 0 Å². The lowest BCUT2D eigenvalue weighted by molar-refractivity contribution is -0.134. The number of rotatable bonds is 7. The predicted molar refractivity (Wildman–Crippen MR) is 105 cm³/mol. The standard InChI is InChI=1S/C21H24N2O5/c1-14(2)23(12-17-13-27-18-8-3-4-9-19(18)28-17)21(26)15-6-5-7-16(10-15)22-11-20(24)25/h3-10,14,17,22H,11-13H2,1-2H3,(H,24,25). The Bertz CT molecular complexity index is 852. The van der Waals surface area contributed by atoms with Crippen LogP contribution in [0.1, 0.15) is 24.2 Å². The van der Waals surface area contributed by atoms with E-state index in [1.165, 1.54) is 0 Å². The van der Waals surface area contributed by atoms with Gasteiger partial charge in [-0.3, -0.25) is 9.59 Å². The number of fused-ring (bicyclic) bond motifs is 1. The Morgan fingerprint density at radius 2 is 1.93 bits per heavy atom. The molecule has 0 fully saturated rings. The van der Waals surface area contributed by atoms with Gasteiger partial charge in [0.15, 0.2) is 17.6 Å². The van der Waals surface area contributed by atoms with Crippen LogP contribution in [0.5, 0.6) is 11.5 Å². The molecule has 7 heteroatoms. The Morgan fingerprint density at radius 1 is 1.18 bits per heavy atom. The van der Waals surface area contributed by atoms with Crippen molar-refractivity contribution in [2.45, 2.75) is 26.0 Å². The molecule has 0 saturated heterocycles. The van der Waals surface area contributed by atoms with Crippen LogP contribution < -0.4 is 14.8 Å². The van der Waals surface area contributed by atoms with E-state index in [1.54, 1.807) is 29.2 Å². The van der Waals surface area contributed by atoms with Gasteiger partial charge in [-0.1, -0.05) is 18.2 Å². The first-order valence-corrected chi connectivity index (χ1v) is 9.19. The monoisotopic (exact) mass is 384 g/mol. The number of carboxylic acid groups (broad SMARTS) is 1. The smallest absolute Gasteiger partial charge is 0.322 e. The zero-order valence-corrected chi connectivity index (χ0v) is 15.9. The summed E-state index contributed by atoms with van der Waals surface area (Å²) in [6.07, 6.45) is -0.269. The minimum atomic E-state index is -0.963. The number of benzene rings is 2. The van der Waals surface area contributed by atoms with Gasteiger partial charge in [-0.05, 0) is 44.2 Å². The normalized spacial score (nSPS) is 15.2. The van der Waals surface area contributed by atoms with Crippen molar-refractivity contribution in [3.63, 3.8) is 0 Å². The SMILES string of the molecule is CC(C)N(CC1COc2ccccc2O1)C(=O)c1cccc(NCC(=O)O)c1. The van der Waals surface area contributed by atoms with E-state index in [-0.39, 0.29) is 24.6 Å². The molecular formula is C21H24N2O5. The molecule has 1 atom stereocenters. The minimum absolute atomic E-state index is 0.0381. The van der Waals surface area contributed by atoms with E-state index >= 15 is 0 Å². The summed E-state index contributed by atoms with van der Waals surface area (Å²) >= 11 is 0. The Kier molecular flexibility index (Phi) is 6.03. The third-order valence-corrected chi connectivity index (χ3v) is 4.41. The van der Waals surface area contributed by atoms with Gasteiger partial charge in [0.25, 0.3) is 5.91 Å². The Morgan fingerprint density at radius 3 is 2.64 bits per heavy atom. The average molecular weight is 384 g/mol. The van der Waals surface area contributed by atoms with E-state index in [0.717, 1.165) is 0 Å². The van der Waals surface area contributed by atoms with Gasteiger partial charge in [0.05, 0.1) is 6.54 Å². The quantitative estimate of drug-likeness (QED) is 0.763. The van der Waals surface area contributed by atoms with Crippen LogP contribution in [0.2, 0.25) is 0 Å². The van der Waals surface area contributed by atoms with Crippen molar-refractivity contribution < 1.29 is 24.2 Å². The highest BCUT2D eigenvalue weighted by Crippen LogP contribution is 2.31. The fourth-order valence-electron chi connectivity index (χ4n) is 3.01. The molecule has 0 bridgehead atoms. The Labute approximate surface area is 163 Å². The third kappa shape index (κ3) is 4.73. The molecule has 2 aromatic rings. The molecule has 3 rings (SSSR count). The van der Waals surface area contributed by atoms with Crippen LogP contribution in [0.25, 0.3) is 0 Å². The molecule has 0 saturated carbocycles. The number of hydrogen-bond acceptors (Lipinski definition) is 5. The van der Waals surface area contributed by atoms with E-state index in [4.69, 9.17) is 14.6 Å². The van der Waals surface area contributed by atoms with E-state index in [9.17, 15) is 9.59 Å². The van der Waals surface area contributed by atoms with Gasteiger partial charge in [-0.2, -0.15) is 0 Å². The van der Waals surface area contributed by atoms with Crippen molar-refractivity contribution in [3.05, 3.63) is 54.1 Å². The van der Waals surface area contributed by atoms with E-state index < -0.39 is 5.97 Å². The van der Waals surface area contributed by atoms with Crippen LogP contribution in [0.3, 0.4) is 0 Å². The number of nitrogens with zero attached hydrogens (tertiary/aromatic N) is 1. The lowest BCUT2D eigenvalue weighted by Gasteiger charge is -2.33. The lowest BCUT2D eigenvalue weighted by Crippen LogP contribution is -2.46. The van der Waals surface area contributed by atoms with Gasteiger partial charge in [-0.25, -0.2) is 0 Å². The number of anilines is 1. The highest BCUT2D eigenvalue weighted by atomic mass is 16.6. The number of hydrogen-bond donors (Lipinski definition) is 2. The number of carboxylic acids is 1. The van der Waals surface area contributed by atoms with E-state index in [1.807, 2.05) is 38.1 Å². The maximum atomic E-state index is 13.1. The Balaban J connectivity index is 1.71. The lowest BCUT2D eigenvalue weighted by atomic mass is 10.1. The average Bonchev–Trinajstić information content (AvgIpc) is 2.70. The summed E-state index contributed by atoms with van der Waals surface area (Å²) in [5.41, 5.74) is 1.07. The molecule has 148 valence electrons. The van der Waals surface area contributed by atoms with Crippen LogP contribution in [-0.2, 0) is 4.79 Å². The first kappa shape index (κ1) is 19.5. The van der Waals surface area contributed by atoms with Crippen LogP contribution in [-0.4, -0.2) is 53.7 Å². The first-order valence-electron chi connectivity index (χ1n) is 9.19. The number of amides is 1. The van der Waals surface area contributed by atoms with Crippen molar-refractivity contribution in [3.8, 4) is 11.5 Å². The molecule has 0 spiro atoms. The topological polar surface area (TPSA) is 88.1 Å². The summed E-state index contributed by atoms with van der Waals surface area (Å²) in [6, 6.07) is 14.3. The van der Waals surface area contributed by atoms with Gasteiger partial charge >= 0.3 is 5.97 Å². The van der Waals surface area contributed by atoms with Gasteiger partial charge in [0.1, 0.15) is 13.2 Å². The largest absolute Gasteiger partial charge is 0.486 e. The summed E-state index contributed by atoms with van der Waals surface area (Å²) in [5.74, 6) is 0.278. The highest BCUT2D eigenvalue weighted by molar-refractivity contribution is 5.95. The summed E-state index contributed by atoms with van der Waals surface area (Å²) < 4.78 is 11.7. The molecular weight excluding hydrogens is 360 g/mol. The molecule has 2 aromatic carbocycles. The number of ether oxygens (including phenoxy) is 2. The molecule has 7 nitrogen and oxygen atoms in total. The molecule has 1 unspecified atom stereocenters. The van der Waals surface area contributed by atoms with Crippen LogP contribution in [0.4, 0.5) is 5.69 Å². The third-order valence-electron chi connectivity index (χ3n) is 4.41. The summed E-state index contributed by atoms with van der Waals surface area (Å²) in [5, 5.41) is 11.6. The zero-order chi connectivity index (χ0) is 20.1. The fraction of sp³-hybridized carbons (Fsp3) is 0.333. The predicted octanol–water partition coefficient (Wildman–Crippen LogP) is 2.87. The number of carbonyl (C=O) groups excluding carboxylic acids is 1. The molecule has 1 aliphatic heterocycles. The number of nitrogens with one attached hydrogen (secondary N) is 1. The Hall–Kier alpha value is -3.22. The van der Waals surface area contributed by atoms with Crippen LogP contribution >= 0.6 is 0 Å².